The number of nitrogens with one attached hydrogen (secondary N) is 2. The molecule has 0 saturated carbocycles. The van der Waals surface area contributed by atoms with E-state index >= 15 is 0 Å². The topological polar surface area (TPSA) is 70.6 Å². The van der Waals surface area contributed by atoms with Crippen LogP contribution in [0.3, 0.4) is 0 Å². The Bertz CT molecular complexity index is 1010. The summed E-state index contributed by atoms with van der Waals surface area (Å²) in [6, 6.07) is 21.3. The van der Waals surface area contributed by atoms with E-state index in [0.717, 1.165) is 26.5 Å². The number of halogens is 1. The van der Waals surface area contributed by atoms with Crippen LogP contribution in [0.15, 0.2) is 76.3 Å². The van der Waals surface area contributed by atoms with Gasteiger partial charge in [0.1, 0.15) is 0 Å². The first-order valence-corrected chi connectivity index (χ1v) is 9.76. The zero-order chi connectivity index (χ0) is 19.8. The maximum atomic E-state index is 11.9. The Morgan fingerprint density at radius 1 is 0.929 bits per heavy atom. The molecule has 142 valence electrons. The molecular weight excluding hydrogens is 418 g/mol. The van der Waals surface area contributed by atoms with E-state index in [9.17, 15) is 9.59 Å². The van der Waals surface area contributed by atoms with Crippen molar-refractivity contribution in [3.63, 3.8) is 0 Å². The van der Waals surface area contributed by atoms with E-state index in [2.05, 4.69) is 31.8 Å². The van der Waals surface area contributed by atoms with Gasteiger partial charge >= 0.3 is 0 Å². The quantitative estimate of drug-likeness (QED) is 0.409. The van der Waals surface area contributed by atoms with Gasteiger partial charge in [0.25, 0.3) is 0 Å². The number of rotatable bonds is 7. The number of hydrazone groups is 1. The largest absolute Gasteiger partial charge is 0.326 e. The first-order valence-electron chi connectivity index (χ1n) is 8.97. The molecular formula is C22H20BrN3O2. The number of nitrogens with zero attached hydrogens (tertiary/aromatic N) is 1. The lowest BCUT2D eigenvalue weighted by molar-refractivity contribution is -0.121. The van der Waals surface area contributed by atoms with Crippen LogP contribution >= 0.6 is 15.9 Å². The molecule has 0 bridgehead atoms. The van der Waals surface area contributed by atoms with Gasteiger partial charge in [0, 0.05) is 28.6 Å². The van der Waals surface area contributed by atoms with E-state index in [1.807, 2.05) is 66.7 Å². The molecule has 2 N–H and O–H groups in total. The number of amides is 2. The zero-order valence-electron chi connectivity index (χ0n) is 15.2. The third-order valence-electron chi connectivity index (χ3n) is 4.13. The van der Waals surface area contributed by atoms with Gasteiger partial charge in [-0.15, -0.1) is 0 Å². The minimum absolute atomic E-state index is 0.120. The lowest BCUT2D eigenvalue weighted by Crippen LogP contribution is -2.18. The van der Waals surface area contributed by atoms with Gasteiger partial charge in [-0.2, -0.15) is 5.10 Å². The van der Waals surface area contributed by atoms with Crippen molar-refractivity contribution < 1.29 is 9.59 Å². The average molecular weight is 438 g/mol. The number of hydrogen-bond donors (Lipinski definition) is 2. The highest BCUT2D eigenvalue weighted by Crippen LogP contribution is 2.17. The molecule has 3 rings (SSSR count). The molecule has 28 heavy (non-hydrogen) atoms. The third kappa shape index (κ3) is 5.76. The van der Waals surface area contributed by atoms with Crippen LogP contribution in [0.25, 0.3) is 10.8 Å². The number of carbonyl (C=O) groups excluding carboxylic acids is 2. The molecule has 0 saturated heterocycles. The van der Waals surface area contributed by atoms with Gasteiger partial charge in [0.15, 0.2) is 0 Å². The molecule has 6 heteroatoms. The maximum absolute atomic E-state index is 11.9. The summed E-state index contributed by atoms with van der Waals surface area (Å²) in [5.74, 6) is -0.336. The molecule has 0 aliphatic rings. The van der Waals surface area contributed by atoms with Crippen LogP contribution in [-0.2, 0) is 9.59 Å². The molecule has 2 amide bonds. The van der Waals surface area contributed by atoms with Crippen molar-refractivity contribution in [3.05, 3.63) is 76.8 Å². The van der Waals surface area contributed by atoms with Crippen LogP contribution < -0.4 is 10.7 Å². The summed E-state index contributed by atoms with van der Waals surface area (Å²) in [6.07, 6.45) is 2.60. The Morgan fingerprint density at radius 3 is 2.54 bits per heavy atom. The van der Waals surface area contributed by atoms with Crippen LogP contribution in [0.1, 0.15) is 24.8 Å². The lowest BCUT2D eigenvalue weighted by Gasteiger charge is -2.05. The minimum atomic E-state index is -0.216. The molecule has 0 fully saturated rings. The predicted octanol–water partition coefficient (Wildman–Crippen LogP) is 4.86. The van der Waals surface area contributed by atoms with E-state index < -0.39 is 0 Å². The summed E-state index contributed by atoms with van der Waals surface area (Å²) >= 11 is 3.36. The van der Waals surface area contributed by atoms with Crippen molar-refractivity contribution in [1.82, 2.24) is 5.43 Å². The number of fused-ring (bicyclic) bond motifs is 1. The second-order valence-corrected chi connectivity index (χ2v) is 7.19. The van der Waals surface area contributed by atoms with Gasteiger partial charge in [-0.3, -0.25) is 9.59 Å². The monoisotopic (exact) mass is 437 g/mol. The summed E-state index contributed by atoms with van der Waals surface area (Å²) in [5.41, 5.74) is 4.18. The van der Waals surface area contributed by atoms with E-state index in [1.165, 1.54) is 0 Å². The maximum Gasteiger partial charge on any atom is 0.240 e. The molecule has 0 spiro atoms. The Hall–Kier alpha value is -2.99. The van der Waals surface area contributed by atoms with E-state index in [-0.39, 0.29) is 24.7 Å². The van der Waals surface area contributed by atoms with Gasteiger partial charge in [-0.1, -0.05) is 64.5 Å². The summed E-state index contributed by atoms with van der Waals surface area (Å²) < 4.78 is 0.897. The van der Waals surface area contributed by atoms with Gasteiger partial charge in [0.2, 0.25) is 11.8 Å². The number of anilines is 1. The van der Waals surface area contributed by atoms with Crippen molar-refractivity contribution in [1.29, 1.82) is 0 Å². The van der Waals surface area contributed by atoms with Crippen molar-refractivity contribution in [2.45, 2.75) is 19.3 Å². The third-order valence-corrected chi connectivity index (χ3v) is 4.63. The van der Waals surface area contributed by atoms with Crippen LogP contribution in [-0.4, -0.2) is 18.0 Å². The van der Waals surface area contributed by atoms with Crippen LogP contribution in [0, 0.1) is 0 Å². The molecule has 0 unspecified atom stereocenters. The van der Waals surface area contributed by atoms with Gasteiger partial charge in [-0.25, -0.2) is 5.43 Å². The normalized spacial score (nSPS) is 10.9. The Morgan fingerprint density at radius 2 is 1.68 bits per heavy atom. The first kappa shape index (κ1) is 19.8. The number of hydrogen-bond acceptors (Lipinski definition) is 3. The van der Waals surface area contributed by atoms with Crippen LogP contribution in [0.5, 0.6) is 0 Å². The van der Waals surface area contributed by atoms with E-state index in [1.54, 1.807) is 6.21 Å². The molecule has 0 atom stereocenters. The van der Waals surface area contributed by atoms with Crippen molar-refractivity contribution in [2.75, 3.05) is 5.32 Å². The number of benzene rings is 3. The fourth-order valence-corrected chi connectivity index (χ4v) is 3.19. The summed E-state index contributed by atoms with van der Waals surface area (Å²) in [6.45, 7) is 0. The standard InChI is InChI=1S/C22H20BrN3O2/c23-18-9-4-10-19(14-18)25-21(27)12-5-13-22(28)26-24-15-17-8-3-7-16-6-1-2-11-20(16)17/h1-4,6-11,14-15H,5,12-13H2,(H,25,27)(H,26,28)/b24-15-. The van der Waals surface area contributed by atoms with Crippen molar-refractivity contribution in [3.8, 4) is 0 Å². The van der Waals surface area contributed by atoms with Crippen LogP contribution in [0.4, 0.5) is 5.69 Å². The summed E-state index contributed by atoms with van der Waals surface area (Å²) in [5, 5.41) is 9.04. The SMILES string of the molecule is O=C(CCCC(=O)Nc1cccc(Br)c1)N/N=C\c1cccc2ccccc12. The molecule has 0 aliphatic carbocycles. The summed E-state index contributed by atoms with van der Waals surface area (Å²) in [7, 11) is 0. The molecule has 3 aromatic carbocycles. The Labute approximate surface area is 172 Å². The highest BCUT2D eigenvalue weighted by molar-refractivity contribution is 9.10. The van der Waals surface area contributed by atoms with E-state index in [0.29, 0.717) is 6.42 Å². The second-order valence-electron chi connectivity index (χ2n) is 6.27. The van der Waals surface area contributed by atoms with Gasteiger partial charge in [0.05, 0.1) is 6.21 Å². The van der Waals surface area contributed by atoms with Gasteiger partial charge < -0.3 is 5.32 Å². The first-order chi connectivity index (χ1) is 13.6. The molecule has 3 aromatic rings. The molecule has 0 aromatic heterocycles. The second kappa shape index (κ2) is 9.80. The van der Waals surface area contributed by atoms with E-state index in [4.69, 9.17) is 0 Å². The minimum Gasteiger partial charge on any atom is -0.326 e. The molecule has 0 heterocycles. The molecule has 0 aliphatic heterocycles. The number of carbonyl (C=O) groups is 2. The Kier molecular flexibility index (Phi) is 6.92. The van der Waals surface area contributed by atoms with Crippen LogP contribution in [0.2, 0.25) is 0 Å². The fourth-order valence-electron chi connectivity index (χ4n) is 2.79. The summed E-state index contributed by atoms with van der Waals surface area (Å²) in [4.78, 5) is 23.9. The fraction of sp³-hybridized carbons (Fsp3) is 0.136. The highest BCUT2D eigenvalue weighted by Gasteiger charge is 2.06. The lowest BCUT2D eigenvalue weighted by atomic mass is 10.1. The average Bonchev–Trinajstić information content (AvgIpc) is 2.68. The highest BCUT2D eigenvalue weighted by atomic mass is 79.9. The van der Waals surface area contributed by atoms with Crippen molar-refractivity contribution in [2.24, 2.45) is 5.10 Å². The molecule has 5 nitrogen and oxygen atoms in total. The molecule has 0 radical (unpaired) electrons. The Balaban J connectivity index is 1.43. The predicted molar refractivity (Wildman–Crippen MR) is 116 cm³/mol. The zero-order valence-corrected chi connectivity index (χ0v) is 16.8. The smallest absolute Gasteiger partial charge is 0.240 e. The van der Waals surface area contributed by atoms with Crippen molar-refractivity contribution >= 4 is 50.4 Å². The van der Waals surface area contributed by atoms with Gasteiger partial charge in [-0.05, 0) is 35.4 Å².